The number of carbonyl (C=O) groups excluding carboxylic acids is 1. The maximum absolute atomic E-state index is 12.2. The fourth-order valence-corrected chi connectivity index (χ4v) is 3.46. The van der Waals surface area contributed by atoms with Crippen LogP contribution >= 0.6 is 11.8 Å². The molecule has 0 aromatic heterocycles. The van der Waals surface area contributed by atoms with E-state index in [9.17, 15) is 4.79 Å². The first kappa shape index (κ1) is 14.7. The van der Waals surface area contributed by atoms with Crippen molar-refractivity contribution >= 4 is 23.5 Å². The lowest BCUT2D eigenvalue weighted by atomic mass is 10.0. The molecule has 1 aromatic rings. The van der Waals surface area contributed by atoms with E-state index in [0.29, 0.717) is 12.1 Å². The van der Waals surface area contributed by atoms with Gasteiger partial charge in [0.25, 0.3) is 0 Å². The van der Waals surface area contributed by atoms with Crippen LogP contribution in [0.15, 0.2) is 29.4 Å². The number of amides is 1. The fourth-order valence-electron chi connectivity index (χ4n) is 2.23. The van der Waals surface area contributed by atoms with Gasteiger partial charge in [-0.15, -0.1) is 11.8 Å². The Labute approximate surface area is 122 Å². The van der Waals surface area contributed by atoms with Crippen molar-refractivity contribution in [3.63, 3.8) is 0 Å². The Morgan fingerprint density at radius 3 is 3.05 bits per heavy atom. The maximum Gasteiger partial charge on any atom is 0.236 e. The molecular formula is C14H19N3O2S. The Balaban J connectivity index is 1.99. The van der Waals surface area contributed by atoms with E-state index in [1.165, 1.54) is 0 Å². The fraction of sp³-hybridized carbons (Fsp3) is 0.429. The molecule has 1 aromatic carbocycles. The van der Waals surface area contributed by atoms with Gasteiger partial charge in [0.05, 0.1) is 4.75 Å². The van der Waals surface area contributed by atoms with Gasteiger partial charge in [-0.1, -0.05) is 23.4 Å². The first-order valence-corrected chi connectivity index (χ1v) is 7.53. The van der Waals surface area contributed by atoms with Crippen molar-refractivity contribution in [3.05, 3.63) is 35.4 Å². The van der Waals surface area contributed by atoms with Crippen molar-refractivity contribution in [2.45, 2.75) is 31.1 Å². The van der Waals surface area contributed by atoms with Crippen molar-refractivity contribution < 1.29 is 10.0 Å². The van der Waals surface area contributed by atoms with Crippen LogP contribution < -0.4 is 11.1 Å². The standard InChI is InChI=1S/C14H19N3O2S/c1-14(6-3-7-20-14)13(18)16-9-10-4-2-5-11(8-10)12(15)17-19/h2,4-5,8,19H,3,6-7,9H2,1H3,(H2,15,17)(H,16,18). The molecule has 1 heterocycles. The minimum Gasteiger partial charge on any atom is -0.409 e. The van der Waals surface area contributed by atoms with Crippen molar-refractivity contribution in [2.24, 2.45) is 10.9 Å². The molecule has 1 aliphatic rings. The molecule has 0 saturated carbocycles. The third-order valence-electron chi connectivity index (χ3n) is 3.48. The number of thioether (sulfide) groups is 1. The molecule has 0 radical (unpaired) electrons. The van der Waals surface area contributed by atoms with Crippen LogP contribution in [0.3, 0.4) is 0 Å². The van der Waals surface area contributed by atoms with Crippen LogP contribution in [0.2, 0.25) is 0 Å². The van der Waals surface area contributed by atoms with Crippen LogP contribution in [-0.4, -0.2) is 27.4 Å². The number of hydrogen-bond donors (Lipinski definition) is 3. The number of rotatable bonds is 4. The maximum atomic E-state index is 12.2. The average molecular weight is 293 g/mol. The molecule has 1 unspecified atom stereocenters. The lowest BCUT2D eigenvalue weighted by Gasteiger charge is -2.21. The molecule has 0 spiro atoms. The van der Waals surface area contributed by atoms with Crippen molar-refractivity contribution in [3.8, 4) is 0 Å². The van der Waals surface area contributed by atoms with Gasteiger partial charge in [0.2, 0.25) is 5.91 Å². The van der Waals surface area contributed by atoms with Crippen LogP contribution in [0.25, 0.3) is 0 Å². The van der Waals surface area contributed by atoms with E-state index in [1.807, 2.05) is 19.1 Å². The van der Waals surface area contributed by atoms with Gasteiger partial charge in [0.15, 0.2) is 5.84 Å². The lowest BCUT2D eigenvalue weighted by Crippen LogP contribution is -2.39. The molecule has 0 bridgehead atoms. The third-order valence-corrected chi connectivity index (χ3v) is 5.00. The highest BCUT2D eigenvalue weighted by atomic mass is 32.2. The summed E-state index contributed by atoms with van der Waals surface area (Å²) in [7, 11) is 0. The van der Waals surface area contributed by atoms with Crippen molar-refractivity contribution in [1.29, 1.82) is 0 Å². The number of nitrogens with two attached hydrogens (primary N) is 1. The number of nitrogens with one attached hydrogen (secondary N) is 1. The van der Waals surface area contributed by atoms with E-state index in [1.54, 1.807) is 23.9 Å². The van der Waals surface area contributed by atoms with Crippen LogP contribution in [0, 0.1) is 0 Å². The largest absolute Gasteiger partial charge is 0.409 e. The van der Waals surface area contributed by atoms with E-state index in [0.717, 1.165) is 24.2 Å². The number of amidine groups is 1. The number of hydrogen-bond acceptors (Lipinski definition) is 4. The Bertz CT molecular complexity index is 525. The molecule has 4 N–H and O–H groups in total. The molecule has 108 valence electrons. The highest BCUT2D eigenvalue weighted by Gasteiger charge is 2.36. The van der Waals surface area contributed by atoms with Gasteiger partial charge in [-0.05, 0) is 37.1 Å². The SMILES string of the molecule is CC1(C(=O)NCc2cccc(/C(N)=N/O)c2)CCCS1. The minimum atomic E-state index is -0.302. The van der Waals surface area contributed by atoms with Gasteiger partial charge in [0.1, 0.15) is 0 Å². The predicted molar refractivity (Wildman–Crippen MR) is 80.9 cm³/mol. The summed E-state index contributed by atoms with van der Waals surface area (Å²) in [4.78, 5) is 12.2. The molecule has 6 heteroatoms. The van der Waals surface area contributed by atoms with Gasteiger partial charge in [0, 0.05) is 12.1 Å². The summed E-state index contributed by atoms with van der Waals surface area (Å²) in [5.41, 5.74) is 7.11. The van der Waals surface area contributed by atoms with Crippen molar-refractivity contribution in [1.82, 2.24) is 5.32 Å². The Kier molecular flexibility index (Phi) is 4.54. The van der Waals surface area contributed by atoms with E-state index in [4.69, 9.17) is 10.9 Å². The second-order valence-electron chi connectivity index (χ2n) is 5.05. The van der Waals surface area contributed by atoms with Crippen LogP contribution in [0.4, 0.5) is 0 Å². The van der Waals surface area contributed by atoms with E-state index < -0.39 is 0 Å². The summed E-state index contributed by atoms with van der Waals surface area (Å²) in [6.07, 6.45) is 2.02. The summed E-state index contributed by atoms with van der Waals surface area (Å²) in [6, 6.07) is 7.29. The molecule has 5 nitrogen and oxygen atoms in total. The summed E-state index contributed by atoms with van der Waals surface area (Å²) >= 11 is 1.72. The highest BCUT2D eigenvalue weighted by molar-refractivity contribution is 8.01. The van der Waals surface area contributed by atoms with E-state index in [2.05, 4.69) is 10.5 Å². The molecule has 1 saturated heterocycles. The molecular weight excluding hydrogens is 274 g/mol. The Hall–Kier alpha value is -1.69. The summed E-state index contributed by atoms with van der Waals surface area (Å²) < 4.78 is -0.302. The summed E-state index contributed by atoms with van der Waals surface area (Å²) in [5, 5.41) is 14.6. The summed E-state index contributed by atoms with van der Waals surface area (Å²) in [6.45, 7) is 2.44. The minimum absolute atomic E-state index is 0.0662. The number of oxime groups is 1. The van der Waals surface area contributed by atoms with Gasteiger partial charge >= 0.3 is 0 Å². The average Bonchev–Trinajstić information content (AvgIpc) is 2.92. The Morgan fingerprint density at radius 1 is 1.60 bits per heavy atom. The monoisotopic (exact) mass is 293 g/mol. The first-order chi connectivity index (χ1) is 9.55. The number of nitrogens with zero attached hydrogens (tertiary/aromatic N) is 1. The molecule has 1 atom stereocenters. The number of benzene rings is 1. The third kappa shape index (κ3) is 3.25. The zero-order valence-electron chi connectivity index (χ0n) is 11.4. The van der Waals surface area contributed by atoms with Crippen LogP contribution in [0.1, 0.15) is 30.9 Å². The second kappa shape index (κ2) is 6.17. The predicted octanol–water partition coefficient (Wildman–Crippen LogP) is 1.68. The molecule has 2 rings (SSSR count). The van der Waals surface area contributed by atoms with Gasteiger partial charge < -0.3 is 16.3 Å². The summed E-state index contributed by atoms with van der Waals surface area (Å²) in [5.74, 6) is 1.19. The molecule has 1 aliphatic heterocycles. The number of carbonyl (C=O) groups is 1. The highest BCUT2D eigenvalue weighted by Crippen LogP contribution is 2.37. The van der Waals surface area contributed by atoms with E-state index in [-0.39, 0.29) is 16.5 Å². The zero-order valence-corrected chi connectivity index (χ0v) is 12.2. The van der Waals surface area contributed by atoms with Crippen LogP contribution in [-0.2, 0) is 11.3 Å². The molecule has 0 aliphatic carbocycles. The molecule has 1 fully saturated rings. The van der Waals surface area contributed by atoms with Gasteiger partial charge in [-0.3, -0.25) is 4.79 Å². The zero-order chi connectivity index (χ0) is 14.6. The first-order valence-electron chi connectivity index (χ1n) is 6.54. The smallest absolute Gasteiger partial charge is 0.236 e. The molecule has 20 heavy (non-hydrogen) atoms. The van der Waals surface area contributed by atoms with E-state index >= 15 is 0 Å². The van der Waals surface area contributed by atoms with Crippen molar-refractivity contribution in [2.75, 3.05) is 5.75 Å². The Morgan fingerprint density at radius 2 is 2.40 bits per heavy atom. The molecule has 1 amide bonds. The lowest BCUT2D eigenvalue weighted by molar-refractivity contribution is -0.123. The normalized spacial score (nSPS) is 22.8. The quantitative estimate of drug-likeness (QED) is 0.341. The topological polar surface area (TPSA) is 87.7 Å². The van der Waals surface area contributed by atoms with Gasteiger partial charge in [-0.2, -0.15) is 0 Å². The van der Waals surface area contributed by atoms with Gasteiger partial charge in [-0.25, -0.2) is 0 Å². The van der Waals surface area contributed by atoms with Crippen LogP contribution in [0.5, 0.6) is 0 Å². The second-order valence-corrected chi connectivity index (χ2v) is 6.65.